The van der Waals surface area contributed by atoms with Crippen LogP contribution in [0.2, 0.25) is 0 Å². The van der Waals surface area contributed by atoms with Gasteiger partial charge in [-0.1, -0.05) is 0 Å². The summed E-state index contributed by atoms with van der Waals surface area (Å²) in [7, 11) is 1.30. The molecule has 3 atom stereocenters. The SMILES string of the molecule is COC1C(F)CN(C(=O)O)C1CO. The molecule has 0 aliphatic carbocycles. The Hall–Kier alpha value is -0.880. The molecule has 5 nitrogen and oxygen atoms in total. The van der Waals surface area contributed by atoms with Gasteiger partial charge in [0.15, 0.2) is 0 Å². The Morgan fingerprint density at radius 1 is 1.77 bits per heavy atom. The number of alkyl halides is 1. The van der Waals surface area contributed by atoms with Crippen molar-refractivity contribution in [2.45, 2.75) is 18.3 Å². The van der Waals surface area contributed by atoms with E-state index in [0.717, 1.165) is 4.90 Å². The molecule has 1 aliphatic rings. The highest BCUT2D eigenvalue weighted by Crippen LogP contribution is 2.23. The average Bonchev–Trinajstić information content (AvgIpc) is 2.41. The van der Waals surface area contributed by atoms with E-state index in [4.69, 9.17) is 14.9 Å². The summed E-state index contributed by atoms with van der Waals surface area (Å²) >= 11 is 0. The monoisotopic (exact) mass is 193 g/mol. The number of nitrogens with zero attached hydrogens (tertiary/aromatic N) is 1. The molecule has 6 heteroatoms. The average molecular weight is 193 g/mol. The number of aliphatic hydroxyl groups is 1. The van der Waals surface area contributed by atoms with E-state index in [-0.39, 0.29) is 6.54 Å². The Kier molecular flexibility index (Phi) is 3.05. The van der Waals surface area contributed by atoms with Gasteiger partial charge in [0, 0.05) is 7.11 Å². The van der Waals surface area contributed by atoms with Crippen molar-refractivity contribution < 1.29 is 24.1 Å². The van der Waals surface area contributed by atoms with Crippen molar-refractivity contribution in [2.24, 2.45) is 0 Å². The van der Waals surface area contributed by atoms with E-state index in [9.17, 15) is 9.18 Å². The molecule has 2 N–H and O–H groups in total. The van der Waals surface area contributed by atoms with Crippen LogP contribution in [-0.2, 0) is 4.74 Å². The van der Waals surface area contributed by atoms with Crippen molar-refractivity contribution in [2.75, 3.05) is 20.3 Å². The predicted octanol–water partition coefficient (Wildman–Crippen LogP) is -0.306. The van der Waals surface area contributed by atoms with Gasteiger partial charge in [-0.25, -0.2) is 9.18 Å². The lowest BCUT2D eigenvalue weighted by Gasteiger charge is -2.22. The van der Waals surface area contributed by atoms with Gasteiger partial charge < -0.3 is 14.9 Å². The summed E-state index contributed by atoms with van der Waals surface area (Å²) in [5.41, 5.74) is 0. The van der Waals surface area contributed by atoms with Crippen LogP contribution in [0.4, 0.5) is 9.18 Å². The molecule has 0 radical (unpaired) electrons. The van der Waals surface area contributed by atoms with Crippen LogP contribution in [-0.4, -0.2) is 59.8 Å². The summed E-state index contributed by atoms with van der Waals surface area (Å²) < 4.78 is 17.9. The molecule has 0 bridgehead atoms. The Morgan fingerprint density at radius 2 is 2.38 bits per heavy atom. The van der Waals surface area contributed by atoms with Crippen molar-refractivity contribution in [3.8, 4) is 0 Å². The van der Waals surface area contributed by atoms with E-state index in [1.54, 1.807) is 0 Å². The van der Waals surface area contributed by atoms with E-state index in [2.05, 4.69) is 0 Å². The van der Waals surface area contributed by atoms with Gasteiger partial charge in [0.1, 0.15) is 12.3 Å². The maximum Gasteiger partial charge on any atom is 0.407 e. The fourth-order valence-electron chi connectivity index (χ4n) is 1.57. The number of carbonyl (C=O) groups is 1. The molecule has 1 amide bonds. The summed E-state index contributed by atoms with van der Waals surface area (Å²) in [5.74, 6) is 0. The molecule has 0 aromatic rings. The molecule has 0 spiro atoms. The normalized spacial score (nSPS) is 33.8. The van der Waals surface area contributed by atoms with Gasteiger partial charge in [-0.05, 0) is 0 Å². The highest BCUT2D eigenvalue weighted by Gasteiger charge is 2.44. The highest BCUT2D eigenvalue weighted by molar-refractivity contribution is 5.66. The summed E-state index contributed by atoms with van der Waals surface area (Å²) in [4.78, 5) is 11.4. The van der Waals surface area contributed by atoms with Crippen LogP contribution in [0.1, 0.15) is 0 Å². The number of likely N-dealkylation sites (tertiary alicyclic amines) is 1. The molecule has 76 valence electrons. The van der Waals surface area contributed by atoms with Crippen molar-refractivity contribution in [3.05, 3.63) is 0 Å². The van der Waals surface area contributed by atoms with E-state index < -0.39 is 31.0 Å². The summed E-state index contributed by atoms with van der Waals surface area (Å²) in [6, 6.07) is -0.794. The number of ether oxygens (including phenoxy) is 1. The van der Waals surface area contributed by atoms with Crippen LogP contribution in [0.5, 0.6) is 0 Å². The van der Waals surface area contributed by atoms with Crippen molar-refractivity contribution >= 4 is 6.09 Å². The van der Waals surface area contributed by atoms with Gasteiger partial charge in [0.05, 0.1) is 19.2 Å². The van der Waals surface area contributed by atoms with Crippen molar-refractivity contribution in [3.63, 3.8) is 0 Å². The van der Waals surface area contributed by atoms with E-state index in [0.29, 0.717) is 0 Å². The Balaban J connectivity index is 2.74. The molecule has 1 fully saturated rings. The van der Waals surface area contributed by atoms with Crippen LogP contribution < -0.4 is 0 Å². The maximum atomic E-state index is 13.1. The number of methoxy groups -OCH3 is 1. The smallest absolute Gasteiger partial charge is 0.407 e. The van der Waals surface area contributed by atoms with Crippen LogP contribution in [0.15, 0.2) is 0 Å². The maximum absolute atomic E-state index is 13.1. The zero-order chi connectivity index (χ0) is 10.0. The number of hydrogen-bond acceptors (Lipinski definition) is 3. The van der Waals surface area contributed by atoms with Gasteiger partial charge in [0.25, 0.3) is 0 Å². The first-order chi connectivity index (χ1) is 6.11. The lowest BCUT2D eigenvalue weighted by molar-refractivity contribution is 0.0150. The lowest BCUT2D eigenvalue weighted by atomic mass is 10.1. The molecule has 1 heterocycles. The first kappa shape index (κ1) is 10.2. The lowest BCUT2D eigenvalue weighted by Crippen LogP contribution is -2.42. The zero-order valence-electron chi connectivity index (χ0n) is 7.18. The second-order valence-electron chi connectivity index (χ2n) is 2.90. The number of carboxylic acid groups (broad SMARTS) is 1. The number of aliphatic hydroxyl groups excluding tert-OH is 1. The number of hydrogen-bond donors (Lipinski definition) is 2. The molecule has 0 saturated carbocycles. The first-order valence-electron chi connectivity index (χ1n) is 3.89. The van der Waals surface area contributed by atoms with Crippen LogP contribution in [0.25, 0.3) is 0 Å². The highest BCUT2D eigenvalue weighted by atomic mass is 19.1. The Labute approximate surface area is 74.7 Å². The van der Waals surface area contributed by atoms with Crippen molar-refractivity contribution in [1.82, 2.24) is 4.90 Å². The molecule has 1 rings (SSSR count). The second kappa shape index (κ2) is 3.89. The minimum Gasteiger partial charge on any atom is -0.465 e. The fraction of sp³-hybridized carbons (Fsp3) is 0.857. The number of halogens is 1. The number of amides is 1. The number of rotatable bonds is 2. The molecule has 0 aromatic carbocycles. The predicted molar refractivity (Wildman–Crippen MR) is 41.3 cm³/mol. The van der Waals surface area contributed by atoms with E-state index in [1.165, 1.54) is 7.11 Å². The molecular weight excluding hydrogens is 181 g/mol. The second-order valence-corrected chi connectivity index (χ2v) is 2.90. The third kappa shape index (κ3) is 1.73. The summed E-state index contributed by atoms with van der Waals surface area (Å²) in [5, 5.41) is 17.5. The molecule has 0 aromatic heterocycles. The Bertz CT molecular complexity index is 201. The van der Waals surface area contributed by atoms with Gasteiger partial charge in [0.2, 0.25) is 0 Å². The first-order valence-corrected chi connectivity index (χ1v) is 3.89. The molecule has 3 unspecified atom stereocenters. The third-order valence-corrected chi connectivity index (χ3v) is 2.21. The quantitative estimate of drug-likeness (QED) is 0.631. The molecule has 13 heavy (non-hydrogen) atoms. The minimum atomic E-state index is -1.36. The fourth-order valence-corrected chi connectivity index (χ4v) is 1.57. The van der Waals surface area contributed by atoms with Crippen LogP contribution in [0.3, 0.4) is 0 Å². The zero-order valence-corrected chi connectivity index (χ0v) is 7.18. The van der Waals surface area contributed by atoms with Gasteiger partial charge in [-0.3, -0.25) is 4.90 Å². The van der Waals surface area contributed by atoms with Gasteiger partial charge in [-0.2, -0.15) is 0 Å². The van der Waals surface area contributed by atoms with E-state index in [1.807, 2.05) is 0 Å². The molecule has 1 aliphatic heterocycles. The standard InChI is InChI=1S/C7H12FNO4/c1-13-6-4(8)2-9(7(11)12)5(6)3-10/h4-6,10H,2-3H2,1H3,(H,11,12). The molecular formula is C7H12FNO4. The minimum absolute atomic E-state index is 0.237. The van der Waals surface area contributed by atoms with Gasteiger partial charge >= 0.3 is 6.09 Å². The largest absolute Gasteiger partial charge is 0.465 e. The molecule has 1 saturated heterocycles. The van der Waals surface area contributed by atoms with E-state index >= 15 is 0 Å². The topological polar surface area (TPSA) is 70.0 Å². The summed E-state index contributed by atoms with van der Waals surface area (Å²) in [6.07, 6.45) is -3.46. The Morgan fingerprint density at radius 3 is 2.77 bits per heavy atom. The van der Waals surface area contributed by atoms with Crippen LogP contribution in [0, 0.1) is 0 Å². The van der Waals surface area contributed by atoms with Crippen LogP contribution >= 0.6 is 0 Å². The van der Waals surface area contributed by atoms with Gasteiger partial charge in [-0.15, -0.1) is 0 Å². The third-order valence-electron chi connectivity index (χ3n) is 2.21. The summed E-state index contributed by atoms with van der Waals surface area (Å²) in [6.45, 7) is -0.662. The van der Waals surface area contributed by atoms with Crippen molar-refractivity contribution in [1.29, 1.82) is 0 Å².